The lowest BCUT2D eigenvalue weighted by molar-refractivity contribution is -0.530. The molecular weight excluding hydrogens is 142 g/mol. The first-order valence-corrected chi connectivity index (χ1v) is 4.26. The van der Waals surface area contributed by atoms with Crippen LogP contribution in [0.2, 0.25) is 0 Å². The third kappa shape index (κ3) is 1.08. The van der Waals surface area contributed by atoms with E-state index >= 15 is 0 Å². The molecule has 0 unspecified atom stereocenters. The van der Waals surface area contributed by atoms with Gasteiger partial charge in [-0.3, -0.25) is 0 Å². The second kappa shape index (κ2) is 2.57. The van der Waals surface area contributed by atoms with Crippen molar-refractivity contribution in [1.82, 2.24) is 0 Å². The maximum Gasteiger partial charge on any atom is 0.184 e. The smallest absolute Gasteiger partial charge is 0.184 e. The maximum absolute atomic E-state index is 9.46. The van der Waals surface area contributed by atoms with E-state index in [4.69, 9.17) is 0 Å². The minimum atomic E-state index is -0.574. The first-order valence-electron chi connectivity index (χ1n) is 4.26. The molecule has 0 saturated heterocycles. The van der Waals surface area contributed by atoms with E-state index < -0.39 is 12.2 Å². The molecule has 0 spiro atoms. The molecular formula is C8H14NO2+. The van der Waals surface area contributed by atoms with Crippen LogP contribution in [0.4, 0.5) is 0 Å². The van der Waals surface area contributed by atoms with Crippen molar-refractivity contribution in [3.8, 4) is 0 Å². The summed E-state index contributed by atoms with van der Waals surface area (Å²) in [5, 5.41) is 18.8. The summed E-state index contributed by atoms with van der Waals surface area (Å²) in [6.07, 6.45) is 2.22. The fourth-order valence-corrected chi connectivity index (χ4v) is 2.00. The number of rotatable bonds is 0. The molecule has 11 heavy (non-hydrogen) atoms. The summed E-state index contributed by atoms with van der Waals surface area (Å²) in [6.45, 7) is 1.65. The van der Waals surface area contributed by atoms with Gasteiger partial charge in [0.2, 0.25) is 0 Å². The molecule has 0 radical (unpaired) electrons. The number of hydrogen-bond acceptors (Lipinski definition) is 2. The summed E-state index contributed by atoms with van der Waals surface area (Å²) in [6, 6.07) is 0. The van der Waals surface area contributed by atoms with Gasteiger partial charge in [-0.1, -0.05) is 0 Å². The minimum absolute atomic E-state index is 0.539. The number of nitrogens with zero attached hydrogens (tertiary/aromatic N) is 1. The number of hydrogen-bond donors (Lipinski definition) is 2. The van der Waals surface area contributed by atoms with Crippen molar-refractivity contribution in [3.05, 3.63) is 0 Å². The van der Waals surface area contributed by atoms with Gasteiger partial charge in [-0.2, -0.15) is 0 Å². The highest BCUT2D eigenvalue weighted by atomic mass is 16.3. The Morgan fingerprint density at radius 2 is 2.09 bits per heavy atom. The van der Waals surface area contributed by atoms with E-state index in [0.717, 1.165) is 25.1 Å². The molecule has 0 aromatic carbocycles. The lowest BCUT2D eigenvalue weighted by Gasteiger charge is -2.08. The third-order valence-electron chi connectivity index (χ3n) is 2.63. The number of aliphatic hydroxyl groups excluding tert-OH is 2. The highest BCUT2D eigenvalue weighted by Crippen LogP contribution is 2.16. The summed E-state index contributed by atoms with van der Waals surface area (Å²) < 4.78 is 2.12. The van der Waals surface area contributed by atoms with E-state index in [1.54, 1.807) is 0 Å². The normalized spacial score (nSPS) is 37.6. The molecule has 2 heterocycles. The average Bonchev–Trinajstić information content (AvgIpc) is 2.30. The Bertz CT molecular complexity index is 200. The summed E-state index contributed by atoms with van der Waals surface area (Å²) >= 11 is 0. The highest BCUT2D eigenvalue weighted by molar-refractivity contribution is 5.86. The highest BCUT2D eigenvalue weighted by Gasteiger charge is 2.40. The molecule has 3 nitrogen and oxygen atoms in total. The van der Waals surface area contributed by atoms with Crippen molar-refractivity contribution in [2.24, 2.45) is 0 Å². The SMILES string of the molecule is O[C@@H]1C[N+]2=C(CCCC2)[C@@H]1O. The van der Waals surface area contributed by atoms with Gasteiger partial charge in [-0.15, -0.1) is 0 Å². The van der Waals surface area contributed by atoms with Gasteiger partial charge in [-0.05, 0) is 6.42 Å². The van der Waals surface area contributed by atoms with Gasteiger partial charge in [-0.25, -0.2) is 4.58 Å². The molecule has 0 aliphatic carbocycles. The Labute approximate surface area is 66.0 Å². The standard InChI is InChI=1S/C8H14NO2/c10-7-5-9-4-2-1-3-6(9)8(7)11/h7-8,10-11H,1-5H2/q+1/t7-,8+/m1/s1. The zero-order chi connectivity index (χ0) is 7.84. The predicted octanol–water partition coefficient (Wildman–Crippen LogP) is -0.641. The van der Waals surface area contributed by atoms with Crippen LogP contribution in [-0.2, 0) is 0 Å². The van der Waals surface area contributed by atoms with Gasteiger partial charge in [0.15, 0.2) is 18.4 Å². The summed E-state index contributed by atoms with van der Waals surface area (Å²) in [5.41, 5.74) is 1.06. The first-order chi connectivity index (χ1) is 5.29. The topological polar surface area (TPSA) is 43.5 Å². The Balaban J connectivity index is 2.20. The van der Waals surface area contributed by atoms with Crippen LogP contribution < -0.4 is 0 Å². The van der Waals surface area contributed by atoms with Crippen LogP contribution in [0.25, 0.3) is 0 Å². The molecule has 0 bridgehead atoms. The Kier molecular flexibility index (Phi) is 1.69. The van der Waals surface area contributed by atoms with E-state index in [0.29, 0.717) is 6.54 Å². The van der Waals surface area contributed by atoms with Crippen LogP contribution >= 0.6 is 0 Å². The lowest BCUT2D eigenvalue weighted by Crippen LogP contribution is -2.30. The first kappa shape index (κ1) is 7.25. The molecule has 2 N–H and O–H groups in total. The lowest BCUT2D eigenvalue weighted by atomic mass is 10.0. The van der Waals surface area contributed by atoms with Gasteiger partial charge in [0.1, 0.15) is 12.6 Å². The van der Waals surface area contributed by atoms with E-state index in [2.05, 4.69) is 4.58 Å². The Hall–Kier alpha value is -0.410. The Morgan fingerprint density at radius 3 is 2.82 bits per heavy atom. The fourth-order valence-electron chi connectivity index (χ4n) is 2.00. The minimum Gasteiger partial charge on any atom is -0.383 e. The quantitative estimate of drug-likeness (QED) is 0.458. The fraction of sp³-hybridized carbons (Fsp3) is 0.875. The zero-order valence-corrected chi connectivity index (χ0v) is 6.53. The Morgan fingerprint density at radius 1 is 1.27 bits per heavy atom. The van der Waals surface area contributed by atoms with Gasteiger partial charge in [0.05, 0.1) is 0 Å². The van der Waals surface area contributed by atoms with E-state index in [1.807, 2.05) is 0 Å². The molecule has 0 fully saturated rings. The molecule has 0 amide bonds. The third-order valence-corrected chi connectivity index (χ3v) is 2.63. The van der Waals surface area contributed by atoms with Crippen LogP contribution in [0, 0.1) is 0 Å². The second-order valence-electron chi connectivity index (χ2n) is 3.41. The zero-order valence-electron chi connectivity index (χ0n) is 6.53. The molecule has 2 rings (SSSR count). The van der Waals surface area contributed by atoms with Crippen LogP contribution in [0.5, 0.6) is 0 Å². The van der Waals surface area contributed by atoms with Crippen molar-refractivity contribution in [2.45, 2.75) is 31.5 Å². The summed E-state index contributed by atoms with van der Waals surface area (Å²) in [4.78, 5) is 0. The molecule has 0 aromatic rings. The van der Waals surface area contributed by atoms with Crippen LogP contribution in [0.1, 0.15) is 19.3 Å². The van der Waals surface area contributed by atoms with Crippen LogP contribution in [0.3, 0.4) is 0 Å². The largest absolute Gasteiger partial charge is 0.383 e. The van der Waals surface area contributed by atoms with E-state index in [9.17, 15) is 10.2 Å². The molecule has 62 valence electrons. The van der Waals surface area contributed by atoms with Crippen molar-refractivity contribution in [2.75, 3.05) is 13.1 Å². The summed E-state index contributed by atoms with van der Waals surface area (Å²) in [7, 11) is 0. The average molecular weight is 156 g/mol. The van der Waals surface area contributed by atoms with Crippen molar-refractivity contribution in [1.29, 1.82) is 0 Å². The van der Waals surface area contributed by atoms with Gasteiger partial charge < -0.3 is 10.2 Å². The second-order valence-corrected chi connectivity index (χ2v) is 3.41. The molecule has 3 heteroatoms. The van der Waals surface area contributed by atoms with Crippen molar-refractivity contribution >= 4 is 5.71 Å². The monoisotopic (exact) mass is 156 g/mol. The van der Waals surface area contributed by atoms with Gasteiger partial charge in [0.25, 0.3) is 0 Å². The number of aliphatic hydroxyl groups is 2. The predicted molar refractivity (Wildman–Crippen MR) is 40.9 cm³/mol. The van der Waals surface area contributed by atoms with E-state index in [1.165, 1.54) is 6.42 Å². The summed E-state index contributed by atoms with van der Waals surface area (Å²) in [5.74, 6) is 0. The van der Waals surface area contributed by atoms with E-state index in [-0.39, 0.29) is 0 Å². The van der Waals surface area contributed by atoms with Crippen molar-refractivity contribution in [3.63, 3.8) is 0 Å². The maximum atomic E-state index is 9.46. The van der Waals surface area contributed by atoms with Crippen molar-refractivity contribution < 1.29 is 14.8 Å². The van der Waals surface area contributed by atoms with Crippen LogP contribution in [0.15, 0.2) is 0 Å². The van der Waals surface area contributed by atoms with Gasteiger partial charge in [0, 0.05) is 12.8 Å². The molecule has 2 atom stereocenters. The molecule has 0 saturated carbocycles. The molecule has 0 aromatic heterocycles. The van der Waals surface area contributed by atoms with Crippen LogP contribution in [-0.4, -0.2) is 45.8 Å². The molecule has 2 aliphatic heterocycles. The van der Waals surface area contributed by atoms with Gasteiger partial charge >= 0.3 is 0 Å². The molecule has 2 aliphatic rings.